The number of hydrogen-bond acceptors (Lipinski definition) is 7. The van der Waals surface area contributed by atoms with E-state index in [9.17, 15) is 24.5 Å². The number of benzene rings is 1. The summed E-state index contributed by atoms with van der Waals surface area (Å²) in [5.41, 5.74) is 0.0317. The molecule has 0 aromatic heterocycles. The quantitative estimate of drug-likeness (QED) is 0.482. The standard InChI is InChI=1S/C16H15N3O7/c1-2-25-14(20)11-12(9-3-5-10(6-4-9)19(23)24)17-16(22)18-7-8-26-15(21)13(11)18/h3-6,12H,2,7-8H2,1H3,(H,17,22)/t12-/m1/s1. The Hall–Kier alpha value is -3.43. The lowest BCUT2D eigenvalue weighted by molar-refractivity contribution is -0.384. The predicted molar refractivity (Wildman–Crippen MR) is 85.7 cm³/mol. The molecule has 0 spiro atoms. The summed E-state index contributed by atoms with van der Waals surface area (Å²) < 4.78 is 10.0. The number of carbonyl (C=O) groups excluding carboxylic acids is 3. The lowest BCUT2D eigenvalue weighted by Crippen LogP contribution is -2.53. The first-order chi connectivity index (χ1) is 12.4. The third kappa shape index (κ3) is 2.96. The average Bonchev–Trinajstić information content (AvgIpc) is 2.62. The molecule has 1 aromatic rings. The molecule has 10 heteroatoms. The van der Waals surface area contributed by atoms with Crippen LogP contribution in [0.2, 0.25) is 0 Å². The fraction of sp³-hybridized carbons (Fsp3) is 0.312. The Bertz CT molecular complexity index is 816. The van der Waals surface area contributed by atoms with Crippen LogP contribution in [0.3, 0.4) is 0 Å². The maximum Gasteiger partial charge on any atom is 0.355 e. The molecule has 0 unspecified atom stereocenters. The highest BCUT2D eigenvalue weighted by Gasteiger charge is 2.43. The summed E-state index contributed by atoms with van der Waals surface area (Å²) >= 11 is 0. The number of nitrogens with one attached hydrogen (secondary N) is 1. The van der Waals surface area contributed by atoms with Crippen LogP contribution in [0.4, 0.5) is 10.5 Å². The van der Waals surface area contributed by atoms with Gasteiger partial charge in [0.05, 0.1) is 29.7 Å². The molecule has 3 rings (SSSR count). The maximum atomic E-state index is 12.5. The predicted octanol–water partition coefficient (Wildman–Crippen LogP) is 1.04. The lowest BCUT2D eigenvalue weighted by Gasteiger charge is -2.37. The highest BCUT2D eigenvalue weighted by Crippen LogP contribution is 2.33. The molecule has 26 heavy (non-hydrogen) atoms. The van der Waals surface area contributed by atoms with E-state index in [4.69, 9.17) is 9.47 Å². The van der Waals surface area contributed by atoms with Crippen LogP contribution in [0.1, 0.15) is 18.5 Å². The fourth-order valence-corrected chi connectivity index (χ4v) is 2.85. The van der Waals surface area contributed by atoms with Crippen LogP contribution < -0.4 is 5.32 Å². The molecular formula is C16H15N3O7. The van der Waals surface area contributed by atoms with E-state index in [0.29, 0.717) is 5.56 Å². The van der Waals surface area contributed by atoms with E-state index < -0.39 is 28.9 Å². The van der Waals surface area contributed by atoms with Gasteiger partial charge in [-0.3, -0.25) is 15.0 Å². The summed E-state index contributed by atoms with van der Waals surface area (Å²) in [5.74, 6) is -1.56. The van der Waals surface area contributed by atoms with E-state index in [1.807, 2.05) is 0 Å². The number of ether oxygens (including phenoxy) is 2. The van der Waals surface area contributed by atoms with Crippen LogP contribution in [0.15, 0.2) is 35.5 Å². The molecule has 0 radical (unpaired) electrons. The third-order valence-corrected chi connectivity index (χ3v) is 4.00. The van der Waals surface area contributed by atoms with Crippen molar-refractivity contribution in [1.82, 2.24) is 10.2 Å². The first-order valence-corrected chi connectivity index (χ1v) is 7.84. The number of rotatable bonds is 4. The average molecular weight is 361 g/mol. The molecular weight excluding hydrogens is 346 g/mol. The molecule has 2 heterocycles. The molecule has 1 fully saturated rings. The second-order valence-electron chi connectivity index (χ2n) is 5.50. The molecule has 2 aliphatic rings. The minimum absolute atomic E-state index is 0.0219. The summed E-state index contributed by atoms with van der Waals surface area (Å²) in [5, 5.41) is 13.5. The summed E-state index contributed by atoms with van der Waals surface area (Å²) in [6.07, 6.45) is 0. The van der Waals surface area contributed by atoms with E-state index >= 15 is 0 Å². The molecule has 2 aliphatic heterocycles. The second-order valence-corrected chi connectivity index (χ2v) is 5.50. The van der Waals surface area contributed by atoms with Crippen LogP contribution in [-0.4, -0.2) is 47.6 Å². The number of nitro benzene ring substituents is 1. The van der Waals surface area contributed by atoms with E-state index in [0.717, 1.165) is 4.90 Å². The summed E-state index contributed by atoms with van der Waals surface area (Å²) in [4.78, 5) is 48.5. The molecule has 1 atom stereocenters. The number of morpholine rings is 1. The number of fused-ring (bicyclic) bond motifs is 1. The Balaban J connectivity index is 2.11. The van der Waals surface area contributed by atoms with Crippen molar-refractivity contribution in [1.29, 1.82) is 0 Å². The van der Waals surface area contributed by atoms with Crippen LogP contribution >= 0.6 is 0 Å². The summed E-state index contributed by atoms with van der Waals surface area (Å²) in [6.45, 7) is 1.82. The van der Waals surface area contributed by atoms with Crippen LogP contribution in [-0.2, 0) is 19.1 Å². The Labute approximate surface area is 147 Å². The zero-order valence-electron chi connectivity index (χ0n) is 13.8. The normalized spacial score (nSPS) is 19.4. The number of non-ortho nitro benzene ring substituents is 1. The molecule has 0 saturated carbocycles. The van der Waals surface area contributed by atoms with Crippen LogP contribution in [0.5, 0.6) is 0 Å². The Kier molecular flexibility index (Phi) is 4.57. The highest BCUT2D eigenvalue weighted by atomic mass is 16.6. The molecule has 0 bridgehead atoms. The van der Waals surface area contributed by atoms with E-state index in [-0.39, 0.29) is 36.7 Å². The number of nitro groups is 1. The van der Waals surface area contributed by atoms with Gasteiger partial charge in [0.2, 0.25) is 0 Å². The molecule has 1 saturated heterocycles. The monoisotopic (exact) mass is 361 g/mol. The third-order valence-electron chi connectivity index (χ3n) is 4.00. The highest BCUT2D eigenvalue weighted by molar-refractivity contribution is 6.06. The Morgan fingerprint density at radius 1 is 1.38 bits per heavy atom. The van der Waals surface area contributed by atoms with E-state index in [1.165, 1.54) is 24.3 Å². The number of hydrogen-bond donors (Lipinski definition) is 1. The minimum atomic E-state index is -0.987. The largest absolute Gasteiger partial charge is 0.463 e. The fourth-order valence-electron chi connectivity index (χ4n) is 2.85. The first kappa shape index (κ1) is 17.4. The topological polar surface area (TPSA) is 128 Å². The van der Waals surface area contributed by atoms with E-state index in [2.05, 4.69) is 5.32 Å². The number of cyclic esters (lactones) is 1. The smallest absolute Gasteiger partial charge is 0.355 e. The van der Waals surface area contributed by atoms with Crippen molar-refractivity contribution in [2.24, 2.45) is 0 Å². The zero-order valence-corrected chi connectivity index (χ0v) is 13.8. The minimum Gasteiger partial charge on any atom is -0.463 e. The zero-order chi connectivity index (χ0) is 18.8. The van der Waals surface area contributed by atoms with Gasteiger partial charge in [-0.25, -0.2) is 14.4 Å². The number of esters is 2. The van der Waals surface area contributed by atoms with Gasteiger partial charge in [0.15, 0.2) is 0 Å². The molecule has 136 valence electrons. The van der Waals surface area contributed by atoms with Gasteiger partial charge in [-0.2, -0.15) is 0 Å². The molecule has 10 nitrogen and oxygen atoms in total. The summed E-state index contributed by atoms with van der Waals surface area (Å²) in [7, 11) is 0. The van der Waals surface area contributed by atoms with Crippen molar-refractivity contribution < 1.29 is 28.8 Å². The maximum absolute atomic E-state index is 12.5. The molecule has 0 aliphatic carbocycles. The van der Waals surface area contributed by atoms with Crippen molar-refractivity contribution in [2.75, 3.05) is 19.8 Å². The van der Waals surface area contributed by atoms with Crippen molar-refractivity contribution in [3.05, 3.63) is 51.2 Å². The van der Waals surface area contributed by atoms with Gasteiger partial charge in [0.1, 0.15) is 12.3 Å². The number of urea groups is 1. The molecule has 1 N–H and O–H groups in total. The first-order valence-electron chi connectivity index (χ1n) is 7.84. The number of nitrogens with zero attached hydrogens (tertiary/aromatic N) is 2. The van der Waals surface area contributed by atoms with Crippen LogP contribution in [0.25, 0.3) is 0 Å². The van der Waals surface area contributed by atoms with Gasteiger partial charge in [-0.15, -0.1) is 0 Å². The van der Waals surface area contributed by atoms with Gasteiger partial charge in [0.25, 0.3) is 5.69 Å². The van der Waals surface area contributed by atoms with Crippen molar-refractivity contribution >= 4 is 23.7 Å². The van der Waals surface area contributed by atoms with Crippen molar-refractivity contribution in [2.45, 2.75) is 13.0 Å². The van der Waals surface area contributed by atoms with Crippen molar-refractivity contribution in [3.8, 4) is 0 Å². The van der Waals surface area contributed by atoms with E-state index in [1.54, 1.807) is 6.92 Å². The SMILES string of the molecule is CCOC(=O)C1=C2C(=O)OCCN2C(=O)N[C@@H]1c1ccc([N+](=O)[O-])cc1. The van der Waals surface area contributed by atoms with Gasteiger partial charge in [-0.1, -0.05) is 0 Å². The van der Waals surface area contributed by atoms with Gasteiger partial charge >= 0.3 is 18.0 Å². The molecule has 1 aromatic carbocycles. The van der Waals surface area contributed by atoms with Crippen molar-refractivity contribution in [3.63, 3.8) is 0 Å². The van der Waals surface area contributed by atoms with Gasteiger partial charge in [0, 0.05) is 12.1 Å². The Morgan fingerprint density at radius 2 is 2.08 bits per heavy atom. The number of carbonyl (C=O) groups is 3. The van der Waals surface area contributed by atoms with Crippen LogP contribution in [0, 0.1) is 10.1 Å². The summed E-state index contributed by atoms with van der Waals surface area (Å²) in [6, 6.07) is 3.77. The Morgan fingerprint density at radius 3 is 2.69 bits per heavy atom. The number of amides is 2. The van der Waals surface area contributed by atoms with Gasteiger partial charge in [-0.05, 0) is 24.6 Å². The second kappa shape index (κ2) is 6.82. The van der Waals surface area contributed by atoms with Gasteiger partial charge < -0.3 is 14.8 Å². The lowest BCUT2D eigenvalue weighted by atomic mass is 9.94. The molecule has 2 amide bonds.